The average molecular weight is 354 g/mol. The topological polar surface area (TPSA) is 52.6 Å². The number of alkyl halides is 1. The standard InChI is InChI=1S/C12H23IN2O2/c1-8(13)10(16)14-9-6-11(2,3)15(17)12(4,5)7-9/h8-9,17H,6-7H2,1-5H3,(H,14,16). The van der Waals surface area contributed by atoms with Crippen LogP contribution in [0.2, 0.25) is 0 Å². The van der Waals surface area contributed by atoms with E-state index in [1.807, 2.05) is 34.6 Å². The van der Waals surface area contributed by atoms with Crippen molar-refractivity contribution in [2.75, 3.05) is 0 Å². The minimum Gasteiger partial charge on any atom is -0.352 e. The number of piperidine rings is 1. The Kier molecular flexibility index (Phi) is 4.47. The molecule has 1 amide bonds. The van der Waals surface area contributed by atoms with Crippen molar-refractivity contribution >= 4 is 28.5 Å². The molecule has 2 N–H and O–H groups in total. The minimum atomic E-state index is -0.311. The Labute approximate surface area is 117 Å². The van der Waals surface area contributed by atoms with Gasteiger partial charge in [-0.2, -0.15) is 5.06 Å². The van der Waals surface area contributed by atoms with Crippen LogP contribution in [0.3, 0.4) is 0 Å². The largest absolute Gasteiger partial charge is 0.352 e. The van der Waals surface area contributed by atoms with Crippen LogP contribution in [0.15, 0.2) is 0 Å². The molecule has 17 heavy (non-hydrogen) atoms. The van der Waals surface area contributed by atoms with Crippen molar-refractivity contribution in [3.8, 4) is 0 Å². The summed E-state index contributed by atoms with van der Waals surface area (Å²) in [5, 5.41) is 14.6. The average Bonchev–Trinajstić information content (AvgIpc) is 2.12. The molecule has 0 radical (unpaired) electrons. The van der Waals surface area contributed by atoms with Gasteiger partial charge in [-0.05, 0) is 47.5 Å². The summed E-state index contributed by atoms with van der Waals surface area (Å²) in [5.74, 6) is 0.0774. The molecule has 1 unspecified atom stereocenters. The van der Waals surface area contributed by atoms with E-state index in [0.717, 1.165) is 12.8 Å². The lowest BCUT2D eigenvalue weighted by atomic mass is 9.79. The lowest BCUT2D eigenvalue weighted by Gasteiger charge is -2.51. The zero-order valence-corrected chi connectivity index (χ0v) is 13.4. The molecule has 100 valence electrons. The summed E-state index contributed by atoms with van der Waals surface area (Å²) in [6.07, 6.45) is 1.53. The molecule has 1 heterocycles. The third kappa shape index (κ3) is 3.54. The van der Waals surface area contributed by atoms with Gasteiger partial charge in [0, 0.05) is 17.1 Å². The molecule has 1 aliphatic heterocycles. The molecule has 5 heteroatoms. The number of rotatable bonds is 2. The van der Waals surface area contributed by atoms with E-state index in [2.05, 4.69) is 27.9 Å². The Morgan fingerprint density at radius 3 is 2.12 bits per heavy atom. The zero-order valence-electron chi connectivity index (χ0n) is 11.2. The van der Waals surface area contributed by atoms with Gasteiger partial charge >= 0.3 is 0 Å². The van der Waals surface area contributed by atoms with E-state index >= 15 is 0 Å². The summed E-state index contributed by atoms with van der Waals surface area (Å²) in [6, 6.07) is 0.133. The summed E-state index contributed by atoms with van der Waals surface area (Å²) in [5.41, 5.74) is -0.623. The molecular weight excluding hydrogens is 331 g/mol. The maximum Gasteiger partial charge on any atom is 0.232 e. The van der Waals surface area contributed by atoms with Crippen molar-refractivity contribution in [3.63, 3.8) is 0 Å². The van der Waals surface area contributed by atoms with Crippen LogP contribution >= 0.6 is 22.6 Å². The van der Waals surface area contributed by atoms with Crippen LogP contribution in [0.4, 0.5) is 0 Å². The minimum absolute atomic E-state index is 0.0222. The highest BCUT2D eigenvalue weighted by Crippen LogP contribution is 2.36. The van der Waals surface area contributed by atoms with E-state index in [1.54, 1.807) is 0 Å². The van der Waals surface area contributed by atoms with Gasteiger partial charge in [-0.3, -0.25) is 4.79 Å². The monoisotopic (exact) mass is 354 g/mol. The van der Waals surface area contributed by atoms with Crippen molar-refractivity contribution < 1.29 is 10.0 Å². The number of carbonyl (C=O) groups is 1. The summed E-state index contributed by atoms with van der Waals surface area (Å²) in [7, 11) is 0. The second-order valence-electron chi connectivity index (χ2n) is 6.17. The highest BCUT2D eigenvalue weighted by atomic mass is 127. The van der Waals surface area contributed by atoms with Crippen LogP contribution in [-0.2, 0) is 4.79 Å². The fourth-order valence-electron chi connectivity index (χ4n) is 2.69. The van der Waals surface area contributed by atoms with Crippen LogP contribution < -0.4 is 5.32 Å². The van der Waals surface area contributed by atoms with Crippen LogP contribution in [0.1, 0.15) is 47.5 Å². The van der Waals surface area contributed by atoms with Gasteiger partial charge in [0.1, 0.15) is 0 Å². The van der Waals surface area contributed by atoms with E-state index in [9.17, 15) is 10.0 Å². The van der Waals surface area contributed by atoms with Crippen molar-refractivity contribution in [1.82, 2.24) is 10.4 Å². The number of amides is 1. The number of nitrogens with zero attached hydrogens (tertiary/aromatic N) is 1. The molecule has 0 aromatic carbocycles. The van der Waals surface area contributed by atoms with Gasteiger partial charge in [-0.1, -0.05) is 22.6 Å². The number of hydrogen-bond donors (Lipinski definition) is 2. The van der Waals surface area contributed by atoms with Crippen LogP contribution in [0.5, 0.6) is 0 Å². The van der Waals surface area contributed by atoms with E-state index in [-0.39, 0.29) is 27.0 Å². The molecule has 4 nitrogen and oxygen atoms in total. The Morgan fingerprint density at radius 2 is 1.76 bits per heavy atom. The molecule has 0 aromatic heterocycles. The van der Waals surface area contributed by atoms with Crippen molar-refractivity contribution in [1.29, 1.82) is 0 Å². The molecular formula is C12H23IN2O2. The first-order chi connectivity index (χ1) is 7.56. The number of hydroxylamine groups is 2. The number of hydrogen-bond acceptors (Lipinski definition) is 3. The highest BCUT2D eigenvalue weighted by Gasteiger charge is 2.45. The van der Waals surface area contributed by atoms with E-state index in [1.165, 1.54) is 5.06 Å². The maximum atomic E-state index is 11.7. The maximum absolute atomic E-state index is 11.7. The first-order valence-corrected chi connectivity index (χ1v) is 7.24. The summed E-state index contributed by atoms with van der Waals surface area (Å²) < 4.78 is -0.0222. The Hall–Kier alpha value is 0.120. The van der Waals surface area contributed by atoms with E-state index in [0.29, 0.717) is 0 Å². The molecule has 0 aromatic rings. The normalized spacial score (nSPS) is 26.5. The van der Waals surface area contributed by atoms with Crippen LogP contribution in [0.25, 0.3) is 0 Å². The fraction of sp³-hybridized carbons (Fsp3) is 0.917. The van der Waals surface area contributed by atoms with Gasteiger partial charge in [-0.15, -0.1) is 0 Å². The quantitative estimate of drug-likeness (QED) is 0.591. The van der Waals surface area contributed by atoms with Gasteiger partial charge < -0.3 is 10.5 Å². The lowest BCUT2D eigenvalue weighted by Crippen LogP contribution is -2.63. The first-order valence-electron chi connectivity index (χ1n) is 6.00. The molecule has 0 aliphatic carbocycles. The third-order valence-corrected chi connectivity index (χ3v) is 3.91. The molecule has 0 spiro atoms. The van der Waals surface area contributed by atoms with Crippen LogP contribution in [0, 0.1) is 0 Å². The van der Waals surface area contributed by atoms with E-state index < -0.39 is 0 Å². The number of halogens is 1. The van der Waals surface area contributed by atoms with Crippen LogP contribution in [-0.4, -0.2) is 37.2 Å². The summed E-state index contributed by atoms with van der Waals surface area (Å²) in [6.45, 7) is 9.88. The van der Waals surface area contributed by atoms with Gasteiger partial charge in [0.05, 0.1) is 3.92 Å². The fourth-order valence-corrected chi connectivity index (χ4v) is 2.87. The highest BCUT2D eigenvalue weighted by molar-refractivity contribution is 14.1. The number of carbonyl (C=O) groups excluding carboxylic acids is 1. The van der Waals surface area contributed by atoms with Gasteiger partial charge in [0.2, 0.25) is 5.91 Å². The Bertz CT molecular complexity index is 285. The van der Waals surface area contributed by atoms with Crippen molar-refractivity contribution in [3.05, 3.63) is 0 Å². The van der Waals surface area contributed by atoms with Crippen molar-refractivity contribution in [2.24, 2.45) is 0 Å². The molecule has 1 saturated heterocycles. The van der Waals surface area contributed by atoms with Gasteiger partial charge in [0.15, 0.2) is 0 Å². The molecule has 1 aliphatic rings. The third-order valence-electron chi connectivity index (χ3n) is 3.35. The number of nitrogens with one attached hydrogen (secondary N) is 1. The first kappa shape index (κ1) is 15.2. The molecule has 1 fully saturated rings. The SMILES string of the molecule is CC(I)C(=O)NC1CC(C)(C)N(O)C(C)(C)C1. The predicted octanol–water partition coefficient (Wildman–Crippen LogP) is 2.34. The Morgan fingerprint density at radius 1 is 1.35 bits per heavy atom. The Balaban J connectivity index is 2.75. The second-order valence-corrected chi connectivity index (χ2v) is 8.03. The van der Waals surface area contributed by atoms with Gasteiger partial charge in [0.25, 0.3) is 0 Å². The lowest BCUT2D eigenvalue weighted by molar-refractivity contribution is -0.246. The molecule has 1 rings (SSSR count). The zero-order chi connectivity index (χ0) is 13.4. The smallest absolute Gasteiger partial charge is 0.232 e. The van der Waals surface area contributed by atoms with Crippen molar-refractivity contribution in [2.45, 2.75) is 68.5 Å². The molecule has 1 atom stereocenters. The second kappa shape index (κ2) is 5.01. The van der Waals surface area contributed by atoms with Gasteiger partial charge in [-0.25, -0.2) is 0 Å². The molecule has 0 saturated carbocycles. The molecule has 0 bridgehead atoms. The summed E-state index contributed by atoms with van der Waals surface area (Å²) in [4.78, 5) is 11.7. The summed E-state index contributed by atoms with van der Waals surface area (Å²) >= 11 is 2.11. The van der Waals surface area contributed by atoms with E-state index in [4.69, 9.17) is 0 Å². The predicted molar refractivity (Wildman–Crippen MR) is 76.4 cm³/mol.